The maximum absolute atomic E-state index is 12.7. The molecule has 1 N–H and O–H groups in total. The van der Waals surface area contributed by atoms with Gasteiger partial charge in [-0.25, -0.2) is 9.86 Å². The van der Waals surface area contributed by atoms with E-state index < -0.39 is 5.97 Å². The van der Waals surface area contributed by atoms with Crippen molar-refractivity contribution in [1.29, 1.82) is 0 Å². The van der Waals surface area contributed by atoms with Crippen LogP contribution in [0.15, 0.2) is 78.9 Å². The van der Waals surface area contributed by atoms with Gasteiger partial charge >= 0.3 is 5.97 Å². The summed E-state index contributed by atoms with van der Waals surface area (Å²) >= 11 is 0. The number of para-hydroxylation sites is 1. The summed E-state index contributed by atoms with van der Waals surface area (Å²) < 4.78 is 5.05. The largest absolute Gasteiger partial charge is 0.462 e. The van der Waals surface area contributed by atoms with E-state index >= 15 is 0 Å². The number of nitrogens with one attached hydrogen (secondary N) is 1. The summed E-state index contributed by atoms with van der Waals surface area (Å²) in [4.78, 5) is 31.0. The van der Waals surface area contributed by atoms with E-state index in [1.54, 1.807) is 31.2 Å². The first-order valence-electron chi connectivity index (χ1n) is 16.2. The Labute approximate surface area is 258 Å². The fraction of sp³-hybridized carbons (Fsp3) is 0.459. The van der Waals surface area contributed by atoms with Crippen LogP contribution in [0, 0.1) is 0 Å². The SMILES string of the molecule is CCCCCCCCCCCCCCON(c1ccccc1)c1ccc(CC(=O)Nc2cccc(C(=O)OCC)c2)cc1. The molecule has 0 spiro atoms. The number of nitrogens with zero attached hydrogens (tertiary/aromatic N) is 1. The zero-order valence-corrected chi connectivity index (χ0v) is 26.2. The van der Waals surface area contributed by atoms with Gasteiger partial charge in [-0.05, 0) is 61.4 Å². The molecule has 6 heteroatoms. The molecule has 0 aromatic heterocycles. The van der Waals surface area contributed by atoms with Crippen molar-refractivity contribution in [3.63, 3.8) is 0 Å². The van der Waals surface area contributed by atoms with Crippen LogP contribution in [0.3, 0.4) is 0 Å². The Morgan fingerprint density at radius 2 is 1.28 bits per heavy atom. The Balaban J connectivity index is 1.44. The summed E-state index contributed by atoms with van der Waals surface area (Å²) in [5.41, 5.74) is 3.74. The second-order valence-electron chi connectivity index (χ2n) is 11.0. The molecule has 3 aromatic carbocycles. The molecule has 0 heterocycles. The Hall–Kier alpha value is -3.64. The van der Waals surface area contributed by atoms with Crippen molar-refractivity contribution < 1.29 is 19.2 Å². The van der Waals surface area contributed by atoms with E-state index in [9.17, 15) is 9.59 Å². The number of hydrogen-bond acceptors (Lipinski definition) is 5. The van der Waals surface area contributed by atoms with Gasteiger partial charge in [0.15, 0.2) is 0 Å². The molecule has 0 aliphatic rings. The predicted molar refractivity (Wildman–Crippen MR) is 177 cm³/mol. The molecule has 0 aliphatic carbocycles. The molecule has 0 bridgehead atoms. The van der Waals surface area contributed by atoms with Crippen molar-refractivity contribution in [2.75, 3.05) is 23.6 Å². The van der Waals surface area contributed by atoms with Gasteiger partial charge in [0.25, 0.3) is 0 Å². The number of amides is 1. The number of ether oxygens (including phenoxy) is 1. The summed E-state index contributed by atoms with van der Waals surface area (Å²) in [5.74, 6) is -0.560. The van der Waals surface area contributed by atoms with Crippen LogP contribution >= 0.6 is 0 Å². The van der Waals surface area contributed by atoms with E-state index in [1.807, 2.05) is 59.7 Å². The molecule has 1 amide bonds. The number of carbonyl (C=O) groups excluding carboxylic acids is 2. The summed E-state index contributed by atoms with van der Waals surface area (Å²) in [5, 5.41) is 4.76. The van der Waals surface area contributed by atoms with Crippen molar-refractivity contribution in [1.82, 2.24) is 0 Å². The highest BCUT2D eigenvalue weighted by molar-refractivity contribution is 5.95. The van der Waals surface area contributed by atoms with Gasteiger partial charge in [0.05, 0.1) is 36.6 Å². The minimum Gasteiger partial charge on any atom is -0.462 e. The Kier molecular flexibility index (Phi) is 16.0. The van der Waals surface area contributed by atoms with E-state index in [4.69, 9.17) is 9.57 Å². The molecule has 3 rings (SSSR count). The van der Waals surface area contributed by atoms with Gasteiger partial charge in [-0.15, -0.1) is 0 Å². The summed E-state index contributed by atoms with van der Waals surface area (Å²) in [6, 6.07) is 24.7. The van der Waals surface area contributed by atoms with Gasteiger partial charge in [-0.1, -0.05) is 114 Å². The monoisotopic (exact) mass is 586 g/mol. The van der Waals surface area contributed by atoms with Crippen molar-refractivity contribution in [3.05, 3.63) is 90.0 Å². The molecule has 0 saturated heterocycles. The Morgan fingerprint density at radius 3 is 1.91 bits per heavy atom. The van der Waals surface area contributed by atoms with Gasteiger partial charge in [-0.3, -0.25) is 9.63 Å². The molecule has 43 heavy (non-hydrogen) atoms. The van der Waals surface area contributed by atoms with Crippen LogP contribution < -0.4 is 10.4 Å². The average molecular weight is 587 g/mol. The molecule has 6 nitrogen and oxygen atoms in total. The molecule has 0 aliphatic heterocycles. The lowest BCUT2D eigenvalue weighted by Crippen LogP contribution is -2.19. The standard InChI is InChI=1S/C37H50N2O4/c1-3-5-6-7-8-9-10-11-12-13-14-18-28-43-39(34-22-16-15-17-23-34)35-26-24-31(25-27-35)29-36(40)38-33-21-19-20-32(30-33)37(41)42-4-2/h15-17,19-27,30H,3-14,18,28-29H2,1-2H3,(H,38,40). The van der Waals surface area contributed by atoms with Crippen LogP contribution in [0.5, 0.6) is 0 Å². The molecule has 0 atom stereocenters. The van der Waals surface area contributed by atoms with Gasteiger partial charge in [0.2, 0.25) is 5.91 Å². The summed E-state index contributed by atoms with van der Waals surface area (Å²) in [7, 11) is 0. The number of rotatable bonds is 21. The molecule has 0 unspecified atom stereocenters. The predicted octanol–water partition coefficient (Wildman–Crippen LogP) is 9.82. The van der Waals surface area contributed by atoms with E-state index in [0.29, 0.717) is 24.5 Å². The maximum atomic E-state index is 12.7. The summed E-state index contributed by atoms with van der Waals surface area (Å²) in [6.07, 6.45) is 16.0. The molecule has 0 radical (unpaired) electrons. The minimum atomic E-state index is -0.404. The first kappa shape index (κ1) is 33.9. The van der Waals surface area contributed by atoms with Gasteiger partial charge in [0.1, 0.15) is 0 Å². The lowest BCUT2D eigenvalue weighted by atomic mass is 10.1. The fourth-order valence-corrected chi connectivity index (χ4v) is 5.04. The molecular weight excluding hydrogens is 536 g/mol. The third-order valence-corrected chi connectivity index (χ3v) is 7.40. The third-order valence-electron chi connectivity index (χ3n) is 7.40. The third kappa shape index (κ3) is 13.0. The normalized spacial score (nSPS) is 10.8. The number of anilines is 3. The van der Waals surface area contributed by atoms with E-state index in [-0.39, 0.29) is 12.3 Å². The van der Waals surface area contributed by atoms with E-state index in [0.717, 1.165) is 23.4 Å². The Bertz CT molecular complexity index is 1200. The summed E-state index contributed by atoms with van der Waals surface area (Å²) in [6.45, 7) is 4.99. The van der Waals surface area contributed by atoms with Crippen molar-refractivity contribution in [3.8, 4) is 0 Å². The highest BCUT2D eigenvalue weighted by Crippen LogP contribution is 2.26. The quantitative estimate of drug-likeness (QED) is 0.0764. The smallest absolute Gasteiger partial charge is 0.338 e. The number of esters is 1. The average Bonchev–Trinajstić information content (AvgIpc) is 3.02. The highest BCUT2D eigenvalue weighted by Gasteiger charge is 2.12. The van der Waals surface area contributed by atoms with Crippen LogP contribution in [0.25, 0.3) is 0 Å². The molecule has 232 valence electrons. The number of benzene rings is 3. The van der Waals surface area contributed by atoms with Gasteiger partial charge in [-0.2, -0.15) is 0 Å². The first-order chi connectivity index (χ1) is 21.1. The van der Waals surface area contributed by atoms with Crippen molar-refractivity contribution >= 4 is 28.9 Å². The van der Waals surface area contributed by atoms with Gasteiger partial charge < -0.3 is 10.1 Å². The zero-order chi connectivity index (χ0) is 30.5. The highest BCUT2D eigenvalue weighted by atomic mass is 16.7. The fourth-order valence-electron chi connectivity index (χ4n) is 5.04. The van der Waals surface area contributed by atoms with Crippen LogP contribution in [0.2, 0.25) is 0 Å². The van der Waals surface area contributed by atoms with E-state index in [2.05, 4.69) is 12.2 Å². The first-order valence-corrected chi connectivity index (χ1v) is 16.2. The van der Waals surface area contributed by atoms with Crippen LogP contribution in [-0.4, -0.2) is 25.1 Å². The maximum Gasteiger partial charge on any atom is 0.338 e. The number of carbonyl (C=O) groups is 2. The van der Waals surface area contributed by atoms with Crippen molar-refractivity contribution in [2.24, 2.45) is 0 Å². The number of unbranched alkanes of at least 4 members (excludes halogenated alkanes) is 11. The number of hydrogen-bond donors (Lipinski definition) is 1. The molecule has 3 aromatic rings. The van der Waals surface area contributed by atoms with Crippen LogP contribution in [-0.2, 0) is 20.8 Å². The molecule has 0 fully saturated rings. The lowest BCUT2D eigenvalue weighted by molar-refractivity contribution is -0.115. The second-order valence-corrected chi connectivity index (χ2v) is 11.0. The zero-order valence-electron chi connectivity index (χ0n) is 26.2. The van der Waals surface area contributed by atoms with Crippen LogP contribution in [0.4, 0.5) is 17.1 Å². The Morgan fingerprint density at radius 1 is 0.674 bits per heavy atom. The second kappa shape index (κ2) is 20.3. The molecule has 0 saturated carbocycles. The van der Waals surface area contributed by atoms with E-state index in [1.165, 1.54) is 70.6 Å². The topological polar surface area (TPSA) is 67.9 Å². The van der Waals surface area contributed by atoms with Crippen LogP contribution in [0.1, 0.15) is 107 Å². The molecular formula is C37H50N2O4. The van der Waals surface area contributed by atoms with Crippen molar-refractivity contribution in [2.45, 2.75) is 97.3 Å². The lowest BCUT2D eigenvalue weighted by Gasteiger charge is -2.24. The minimum absolute atomic E-state index is 0.156. The van der Waals surface area contributed by atoms with Gasteiger partial charge in [0, 0.05) is 5.69 Å².